The van der Waals surface area contributed by atoms with Crippen molar-refractivity contribution < 1.29 is 4.39 Å². The van der Waals surface area contributed by atoms with E-state index in [1.165, 1.54) is 25.3 Å². The van der Waals surface area contributed by atoms with E-state index in [1.54, 1.807) is 6.07 Å². The Morgan fingerprint density at radius 2 is 2.06 bits per heavy atom. The van der Waals surface area contributed by atoms with Gasteiger partial charge >= 0.3 is 0 Å². The molecule has 100 valence electrons. The molecule has 1 nitrogen and oxygen atoms in total. The molecule has 1 aliphatic carbocycles. The zero-order chi connectivity index (χ0) is 13.0. The van der Waals surface area contributed by atoms with E-state index in [0.29, 0.717) is 9.50 Å². The standard InChI is InChI=1S/C14H18BrClFN/c15-12-9-14(17)10(8-13(12)16)4-2-1-3-7-18-11-5-6-11/h8-9,11,18H,1-7H2. The lowest BCUT2D eigenvalue weighted by Gasteiger charge is -2.06. The number of hydrogen-bond acceptors (Lipinski definition) is 1. The van der Waals surface area contributed by atoms with Crippen molar-refractivity contribution in [1.82, 2.24) is 5.32 Å². The van der Waals surface area contributed by atoms with Crippen LogP contribution in [0.4, 0.5) is 4.39 Å². The van der Waals surface area contributed by atoms with Gasteiger partial charge < -0.3 is 5.32 Å². The predicted octanol–water partition coefficient (Wildman–Crippen LogP) is 4.71. The molecule has 0 aliphatic heterocycles. The Morgan fingerprint density at radius 1 is 1.28 bits per heavy atom. The second kappa shape index (κ2) is 6.88. The smallest absolute Gasteiger partial charge is 0.127 e. The lowest BCUT2D eigenvalue weighted by molar-refractivity contribution is 0.578. The molecule has 0 aromatic heterocycles. The number of unbranched alkanes of at least 4 members (excludes halogenated alkanes) is 2. The zero-order valence-electron chi connectivity index (χ0n) is 10.3. The Hall–Kier alpha value is -0.120. The molecule has 1 aromatic carbocycles. The maximum absolute atomic E-state index is 13.6. The van der Waals surface area contributed by atoms with Crippen LogP contribution in [0.25, 0.3) is 0 Å². The quantitative estimate of drug-likeness (QED) is 0.562. The van der Waals surface area contributed by atoms with Gasteiger partial charge in [-0.3, -0.25) is 0 Å². The van der Waals surface area contributed by atoms with E-state index in [9.17, 15) is 4.39 Å². The van der Waals surface area contributed by atoms with E-state index in [-0.39, 0.29) is 5.82 Å². The Morgan fingerprint density at radius 3 is 2.78 bits per heavy atom. The van der Waals surface area contributed by atoms with Crippen LogP contribution in [0.15, 0.2) is 16.6 Å². The van der Waals surface area contributed by atoms with Crippen molar-refractivity contribution in [1.29, 1.82) is 0 Å². The normalized spacial score (nSPS) is 15.1. The van der Waals surface area contributed by atoms with Crippen LogP contribution < -0.4 is 5.32 Å². The molecule has 0 radical (unpaired) electrons. The van der Waals surface area contributed by atoms with Gasteiger partial charge in [-0.05, 0) is 72.3 Å². The van der Waals surface area contributed by atoms with Crippen molar-refractivity contribution in [2.75, 3.05) is 6.54 Å². The topological polar surface area (TPSA) is 12.0 Å². The summed E-state index contributed by atoms with van der Waals surface area (Å²) < 4.78 is 14.2. The van der Waals surface area contributed by atoms with E-state index < -0.39 is 0 Å². The summed E-state index contributed by atoms with van der Waals surface area (Å²) in [5.41, 5.74) is 0.721. The molecular weight excluding hydrogens is 317 g/mol. The van der Waals surface area contributed by atoms with Gasteiger partial charge in [-0.15, -0.1) is 0 Å². The summed E-state index contributed by atoms with van der Waals surface area (Å²) in [6.45, 7) is 1.09. The van der Waals surface area contributed by atoms with Crippen LogP contribution in [0.5, 0.6) is 0 Å². The van der Waals surface area contributed by atoms with Gasteiger partial charge in [-0.25, -0.2) is 4.39 Å². The number of hydrogen-bond donors (Lipinski definition) is 1. The molecule has 18 heavy (non-hydrogen) atoms. The number of nitrogens with one attached hydrogen (secondary N) is 1. The fraction of sp³-hybridized carbons (Fsp3) is 0.571. The summed E-state index contributed by atoms with van der Waals surface area (Å²) in [5, 5.41) is 4.07. The molecule has 0 bridgehead atoms. The number of benzene rings is 1. The van der Waals surface area contributed by atoms with Crippen LogP contribution >= 0.6 is 27.5 Å². The van der Waals surface area contributed by atoms with Crippen molar-refractivity contribution in [2.24, 2.45) is 0 Å². The second-order valence-corrected chi connectivity index (χ2v) is 6.16. The monoisotopic (exact) mass is 333 g/mol. The van der Waals surface area contributed by atoms with Gasteiger partial charge in [0.25, 0.3) is 0 Å². The minimum Gasteiger partial charge on any atom is -0.314 e. The third kappa shape index (κ3) is 4.52. The largest absolute Gasteiger partial charge is 0.314 e. The first-order valence-corrected chi connectivity index (χ1v) is 7.70. The Kier molecular flexibility index (Phi) is 5.46. The first-order chi connectivity index (χ1) is 8.66. The highest BCUT2D eigenvalue weighted by molar-refractivity contribution is 9.10. The number of rotatable bonds is 7. The van der Waals surface area contributed by atoms with Crippen molar-refractivity contribution in [2.45, 2.75) is 44.6 Å². The van der Waals surface area contributed by atoms with Gasteiger partial charge in [0.15, 0.2) is 0 Å². The molecule has 2 rings (SSSR count). The molecule has 1 saturated carbocycles. The summed E-state index contributed by atoms with van der Waals surface area (Å²) in [5.74, 6) is -0.164. The van der Waals surface area contributed by atoms with Crippen molar-refractivity contribution in [3.8, 4) is 0 Å². The molecule has 0 heterocycles. The van der Waals surface area contributed by atoms with Crippen LogP contribution in [0.2, 0.25) is 5.02 Å². The van der Waals surface area contributed by atoms with Crippen LogP contribution in [0, 0.1) is 5.82 Å². The Labute approximate surface area is 121 Å². The molecule has 1 aromatic rings. The van der Waals surface area contributed by atoms with Gasteiger partial charge in [0.2, 0.25) is 0 Å². The first-order valence-electron chi connectivity index (χ1n) is 6.53. The van der Waals surface area contributed by atoms with E-state index in [4.69, 9.17) is 11.6 Å². The summed E-state index contributed by atoms with van der Waals surface area (Å²) >= 11 is 9.19. The minimum absolute atomic E-state index is 0.164. The average molecular weight is 335 g/mol. The van der Waals surface area contributed by atoms with E-state index in [0.717, 1.165) is 37.4 Å². The predicted molar refractivity (Wildman–Crippen MR) is 77.7 cm³/mol. The Balaban J connectivity index is 1.67. The summed E-state index contributed by atoms with van der Waals surface area (Å²) in [7, 11) is 0. The van der Waals surface area contributed by atoms with Crippen molar-refractivity contribution in [3.05, 3.63) is 33.0 Å². The average Bonchev–Trinajstić information content (AvgIpc) is 3.13. The molecule has 4 heteroatoms. The fourth-order valence-electron chi connectivity index (χ4n) is 1.97. The van der Waals surface area contributed by atoms with Crippen LogP contribution in [-0.4, -0.2) is 12.6 Å². The third-order valence-corrected chi connectivity index (χ3v) is 4.42. The lowest BCUT2D eigenvalue weighted by atomic mass is 10.1. The molecule has 0 spiro atoms. The van der Waals surface area contributed by atoms with Crippen LogP contribution in [0.3, 0.4) is 0 Å². The molecule has 1 aliphatic rings. The second-order valence-electron chi connectivity index (χ2n) is 4.90. The zero-order valence-corrected chi connectivity index (χ0v) is 12.7. The SMILES string of the molecule is Fc1cc(Br)c(Cl)cc1CCCCCNC1CC1. The summed E-state index contributed by atoms with van der Waals surface area (Å²) in [6, 6.07) is 3.96. The maximum atomic E-state index is 13.6. The third-order valence-electron chi connectivity index (χ3n) is 3.22. The molecule has 1 N–H and O–H groups in total. The molecule has 0 atom stereocenters. The highest BCUT2D eigenvalue weighted by Gasteiger charge is 2.19. The van der Waals surface area contributed by atoms with Crippen molar-refractivity contribution >= 4 is 27.5 Å². The first kappa shape index (κ1) is 14.3. The van der Waals surface area contributed by atoms with Crippen LogP contribution in [-0.2, 0) is 6.42 Å². The summed E-state index contributed by atoms with van der Waals surface area (Å²) in [6.07, 6.45) is 6.75. The van der Waals surface area contributed by atoms with Gasteiger partial charge in [0.1, 0.15) is 5.82 Å². The van der Waals surface area contributed by atoms with Gasteiger partial charge in [0, 0.05) is 10.5 Å². The number of halogens is 3. The van der Waals surface area contributed by atoms with E-state index in [2.05, 4.69) is 21.2 Å². The van der Waals surface area contributed by atoms with Crippen LogP contribution in [0.1, 0.15) is 37.7 Å². The molecule has 0 saturated heterocycles. The fourth-order valence-corrected chi connectivity index (χ4v) is 2.47. The highest BCUT2D eigenvalue weighted by atomic mass is 79.9. The lowest BCUT2D eigenvalue weighted by Crippen LogP contribution is -2.17. The minimum atomic E-state index is -0.164. The summed E-state index contributed by atoms with van der Waals surface area (Å²) in [4.78, 5) is 0. The van der Waals surface area contributed by atoms with E-state index >= 15 is 0 Å². The van der Waals surface area contributed by atoms with Crippen molar-refractivity contribution in [3.63, 3.8) is 0 Å². The maximum Gasteiger partial charge on any atom is 0.127 e. The van der Waals surface area contributed by atoms with E-state index in [1.807, 2.05) is 0 Å². The van der Waals surface area contributed by atoms with Gasteiger partial charge in [-0.1, -0.05) is 18.0 Å². The van der Waals surface area contributed by atoms with Gasteiger partial charge in [0.05, 0.1) is 5.02 Å². The highest BCUT2D eigenvalue weighted by Crippen LogP contribution is 2.26. The molecule has 0 amide bonds. The number of aryl methyl sites for hydroxylation is 1. The Bertz CT molecular complexity index is 407. The van der Waals surface area contributed by atoms with Gasteiger partial charge in [-0.2, -0.15) is 0 Å². The molecule has 0 unspecified atom stereocenters. The molecular formula is C14H18BrClFN. The molecule has 1 fully saturated rings.